The van der Waals surface area contributed by atoms with Crippen LogP contribution in [-0.4, -0.2) is 23.3 Å². The molecule has 140 valence electrons. The molecule has 0 aliphatic heterocycles. The largest absolute Gasteiger partial charge is 0.573 e. The summed E-state index contributed by atoms with van der Waals surface area (Å²) < 4.78 is 46.2. The number of hydrogen-bond acceptors (Lipinski definition) is 6. The Balaban J connectivity index is 2.07. The molecule has 2 rings (SSSR count). The number of nitrogen functional groups attached to an aromatic ring is 1. The molecule has 0 saturated carbocycles. The van der Waals surface area contributed by atoms with E-state index >= 15 is 0 Å². The van der Waals surface area contributed by atoms with Crippen molar-refractivity contribution >= 4 is 17.3 Å². The van der Waals surface area contributed by atoms with Gasteiger partial charge in [0.1, 0.15) is 5.75 Å². The van der Waals surface area contributed by atoms with E-state index in [0.29, 0.717) is 12.1 Å². The van der Waals surface area contributed by atoms with Crippen molar-refractivity contribution in [1.82, 2.24) is 4.98 Å². The Hall–Kier alpha value is -3.01. The number of anilines is 2. The average molecular weight is 370 g/mol. The Morgan fingerprint density at radius 3 is 2.62 bits per heavy atom. The molecule has 26 heavy (non-hydrogen) atoms. The van der Waals surface area contributed by atoms with Gasteiger partial charge in [0.25, 0.3) is 0 Å². The molecule has 5 N–H and O–H groups in total. The number of carbonyl (C=O) groups excluding carboxylic acids is 1. The zero-order chi connectivity index (χ0) is 19.3. The van der Waals surface area contributed by atoms with E-state index in [4.69, 9.17) is 16.2 Å². The van der Waals surface area contributed by atoms with Gasteiger partial charge in [0.15, 0.2) is 5.75 Å². The van der Waals surface area contributed by atoms with Gasteiger partial charge in [0.05, 0.1) is 23.6 Å². The first-order valence-corrected chi connectivity index (χ1v) is 7.53. The fourth-order valence-corrected chi connectivity index (χ4v) is 1.85. The van der Waals surface area contributed by atoms with E-state index in [1.165, 1.54) is 30.5 Å². The quantitative estimate of drug-likeness (QED) is 0.674. The van der Waals surface area contributed by atoms with E-state index in [2.05, 4.69) is 15.0 Å². The molecule has 0 aliphatic carbocycles. The molecule has 1 heterocycles. The Morgan fingerprint density at radius 1 is 1.31 bits per heavy atom. The van der Waals surface area contributed by atoms with Gasteiger partial charge in [-0.05, 0) is 24.6 Å². The molecule has 0 unspecified atom stereocenters. The minimum absolute atomic E-state index is 0.0516. The van der Waals surface area contributed by atoms with Crippen LogP contribution in [0.4, 0.5) is 24.5 Å². The number of amides is 1. The summed E-state index contributed by atoms with van der Waals surface area (Å²) in [6.07, 6.45) is -3.05. The number of ether oxygens (including phenoxy) is 2. The van der Waals surface area contributed by atoms with Crippen molar-refractivity contribution in [2.75, 3.05) is 11.1 Å². The molecule has 1 aromatic carbocycles. The molecule has 0 fully saturated rings. The smallest absolute Gasteiger partial charge is 0.439 e. The third-order valence-corrected chi connectivity index (χ3v) is 3.21. The number of nitrogens with zero attached hydrogens (tertiary/aromatic N) is 1. The summed E-state index contributed by atoms with van der Waals surface area (Å²) in [6, 6.07) is 5.92. The van der Waals surface area contributed by atoms with E-state index in [1.54, 1.807) is 6.92 Å². The van der Waals surface area contributed by atoms with Crippen LogP contribution in [0.2, 0.25) is 0 Å². The third kappa shape index (κ3) is 5.52. The summed E-state index contributed by atoms with van der Waals surface area (Å²) >= 11 is 0. The van der Waals surface area contributed by atoms with Gasteiger partial charge in [0, 0.05) is 12.1 Å². The molecular weight excluding hydrogens is 353 g/mol. The van der Waals surface area contributed by atoms with Crippen LogP contribution in [0.15, 0.2) is 36.5 Å². The lowest BCUT2D eigenvalue weighted by atomic mass is 10.2. The average Bonchev–Trinajstić information content (AvgIpc) is 2.57. The lowest BCUT2D eigenvalue weighted by Crippen LogP contribution is -2.34. The Labute approximate surface area is 147 Å². The van der Waals surface area contributed by atoms with Crippen LogP contribution in [0.5, 0.6) is 17.4 Å². The van der Waals surface area contributed by atoms with Crippen molar-refractivity contribution < 1.29 is 27.4 Å². The molecule has 7 nitrogen and oxygen atoms in total. The number of nitrogens with two attached hydrogens (primary N) is 2. The van der Waals surface area contributed by atoms with Crippen molar-refractivity contribution in [3.63, 3.8) is 0 Å². The summed E-state index contributed by atoms with van der Waals surface area (Å²) in [5, 5.41) is 2.58. The van der Waals surface area contributed by atoms with Gasteiger partial charge in [0.2, 0.25) is 11.8 Å². The van der Waals surface area contributed by atoms with Crippen LogP contribution in [0, 0.1) is 0 Å². The Morgan fingerprint density at radius 2 is 2.04 bits per heavy atom. The minimum Gasteiger partial charge on any atom is -0.439 e. The predicted octanol–water partition coefficient (Wildman–Crippen LogP) is 3.03. The maximum Gasteiger partial charge on any atom is 0.573 e. The van der Waals surface area contributed by atoms with E-state index in [-0.39, 0.29) is 23.2 Å². The molecule has 1 aromatic heterocycles. The number of alkyl halides is 3. The number of rotatable bonds is 6. The molecular formula is C16H17F3N4O3. The van der Waals surface area contributed by atoms with Gasteiger partial charge in [-0.25, -0.2) is 4.98 Å². The molecule has 2 aromatic rings. The summed E-state index contributed by atoms with van der Waals surface area (Å²) in [4.78, 5) is 15.7. The lowest BCUT2D eigenvalue weighted by molar-refractivity contribution is -0.274. The predicted molar refractivity (Wildman–Crippen MR) is 88.7 cm³/mol. The molecule has 1 amide bonds. The number of halogens is 3. The Bertz CT molecular complexity index is 766. The number of benzene rings is 1. The van der Waals surface area contributed by atoms with Crippen molar-refractivity contribution in [3.8, 4) is 17.4 Å². The highest BCUT2D eigenvalue weighted by Crippen LogP contribution is 2.33. The van der Waals surface area contributed by atoms with E-state index in [0.717, 1.165) is 6.07 Å². The van der Waals surface area contributed by atoms with Gasteiger partial charge in [-0.15, -0.1) is 13.2 Å². The third-order valence-electron chi connectivity index (χ3n) is 3.21. The highest BCUT2D eigenvalue weighted by Gasteiger charge is 2.32. The molecule has 0 radical (unpaired) electrons. The second-order valence-electron chi connectivity index (χ2n) is 5.24. The Kier molecular flexibility index (Phi) is 5.88. The zero-order valence-corrected chi connectivity index (χ0v) is 13.7. The van der Waals surface area contributed by atoms with Crippen LogP contribution in [0.1, 0.15) is 13.3 Å². The van der Waals surface area contributed by atoms with Crippen molar-refractivity contribution in [2.45, 2.75) is 25.7 Å². The van der Waals surface area contributed by atoms with Crippen molar-refractivity contribution in [1.29, 1.82) is 0 Å². The number of nitrogens with one attached hydrogen (secondary N) is 1. The van der Waals surface area contributed by atoms with Gasteiger partial charge in [-0.2, -0.15) is 0 Å². The normalized spacial score (nSPS) is 12.3. The fourth-order valence-electron chi connectivity index (χ4n) is 1.85. The fraction of sp³-hybridized carbons (Fsp3) is 0.250. The van der Waals surface area contributed by atoms with Gasteiger partial charge < -0.3 is 26.3 Å². The lowest BCUT2D eigenvalue weighted by Gasteiger charge is -2.13. The zero-order valence-electron chi connectivity index (χ0n) is 13.7. The summed E-state index contributed by atoms with van der Waals surface area (Å²) in [5.41, 5.74) is 11.3. The standard InChI is InChI=1S/C16H17F3N4O3/c1-2-11(20)15(24)23-9-3-6-14(22-8-9)25-10-4-5-12(21)13(7-10)26-16(17,18)19/h3-8,11H,2,20-21H2,1H3,(H,23,24)/t11-/m1/s1. The minimum atomic E-state index is -4.87. The maximum atomic E-state index is 12.3. The topological polar surface area (TPSA) is 112 Å². The van der Waals surface area contributed by atoms with E-state index in [9.17, 15) is 18.0 Å². The molecule has 0 spiro atoms. The molecule has 0 saturated heterocycles. The monoisotopic (exact) mass is 370 g/mol. The van der Waals surface area contributed by atoms with Crippen LogP contribution in [0.25, 0.3) is 0 Å². The summed E-state index contributed by atoms with van der Waals surface area (Å²) in [6.45, 7) is 1.78. The van der Waals surface area contributed by atoms with Crippen molar-refractivity contribution in [2.24, 2.45) is 5.73 Å². The van der Waals surface area contributed by atoms with Crippen LogP contribution >= 0.6 is 0 Å². The molecule has 10 heteroatoms. The summed E-state index contributed by atoms with van der Waals surface area (Å²) in [5.74, 6) is -0.774. The number of pyridine rings is 1. The second-order valence-corrected chi connectivity index (χ2v) is 5.24. The van der Waals surface area contributed by atoms with Gasteiger partial charge >= 0.3 is 6.36 Å². The first-order chi connectivity index (χ1) is 12.2. The highest BCUT2D eigenvalue weighted by molar-refractivity contribution is 5.94. The number of carbonyl (C=O) groups is 1. The molecule has 0 bridgehead atoms. The maximum absolute atomic E-state index is 12.3. The van der Waals surface area contributed by atoms with Gasteiger partial charge in [-0.3, -0.25) is 4.79 Å². The van der Waals surface area contributed by atoms with Gasteiger partial charge in [-0.1, -0.05) is 6.92 Å². The van der Waals surface area contributed by atoms with E-state index < -0.39 is 18.2 Å². The molecule has 1 atom stereocenters. The van der Waals surface area contributed by atoms with E-state index in [1.807, 2.05) is 0 Å². The second kappa shape index (κ2) is 7.91. The first-order valence-electron chi connectivity index (χ1n) is 7.53. The van der Waals surface area contributed by atoms with Crippen LogP contribution in [0.3, 0.4) is 0 Å². The van der Waals surface area contributed by atoms with Crippen LogP contribution < -0.4 is 26.3 Å². The van der Waals surface area contributed by atoms with Crippen LogP contribution in [-0.2, 0) is 4.79 Å². The highest BCUT2D eigenvalue weighted by atomic mass is 19.4. The molecule has 0 aliphatic rings. The first kappa shape index (κ1) is 19.3. The van der Waals surface area contributed by atoms with Crippen molar-refractivity contribution in [3.05, 3.63) is 36.5 Å². The summed E-state index contributed by atoms with van der Waals surface area (Å²) in [7, 11) is 0. The number of hydrogen-bond donors (Lipinski definition) is 3. The number of aromatic nitrogens is 1. The SMILES string of the molecule is CC[C@@H](N)C(=O)Nc1ccc(Oc2ccc(N)c(OC(F)(F)F)c2)nc1.